The number of carbonyl (C=O) groups is 1. The Hall–Kier alpha value is -2.15. The molecule has 1 amide bonds. The molecule has 1 aromatic heterocycles. The van der Waals surface area contributed by atoms with Gasteiger partial charge in [-0.3, -0.25) is 4.79 Å². The molecule has 24 heavy (non-hydrogen) atoms. The van der Waals surface area contributed by atoms with E-state index in [1.807, 2.05) is 37.8 Å². The summed E-state index contributed by atoms with van der Waals surface area (Å²) >= 11 is 1.59. The van der Waals surface area contributed by atoms with Gasteiger partial charge in [0.05, 0.1) is 0 Å². The molecule has 6 nitrogen and oxygen atoms in total. The second kappa shape index (κ2) is 7.17. The quantitative estimate of drug-likeness (QED) is 0.849. The van der Waals surface area contributed by atoms with Crippen LogP contribution in [0.5, 0.6) is 5.75 Å². The van der Waals surface area contributed by atoms with Crippen LogP contribution in [0.2, 0.25) is 0 Å². The first-order valence-corrected chi connectivity index (χ1v) is 8.87. The maximum absolute atomic E-state index is 12.3. The van der Waals surface area contributed by atoms with Crippen LogP contribution >= 0.6 is 11.3 Å². The molecule has 128 valence electrons. The Morgan fingerprint density at radius 3 is 2.33 bits per heavy atom. The van der Waals surface area contributed by atoms with Gasteiger partial charge in [0.2, 0.25) is 5.13 Å². The number of carbonyl (C=O) groups excluding carboxylic acids is 1. The van der Waals surface area contributed by atoms with Crippen LogP contribution in [0.25, 0.3) is 0 Å². The van der Waals surface area contributed by atoms with Crippen molar-refractivity contribution in [2.45, 2.75) is 20.8 Å². The molecular weight excluding hydrogens is 324 g/mol. The minimum Gasteiger partial charge on any atom is -0.484 e. The Labute approximate surface area is 146 Å². The van der Waals surface area contributed by atoms with Crippen LogP contribution < -0.4 is 9.64 Å². The Kier molecular flexibility index (Phi) is 4.99. The third-order valence-corrected chi connectivity index (χ3v) is 4.88. The van der Waals surface area contributed by atoms with Crippen molar-refractivity contribution in [1.29, 1.82) is 0 Å². The lowest BCUT2D eigenvalue weighted by Crippen LogP contribution is -2.50. The van der Waals surface area contributed by atoms with Crippen molar-refractivity contribution in [3.8, 4) is 5.75 Å². The highest BCUT2D eigenvalue weighted by Crippen LogP contribution is 2.21. The molecule has 0 atom stereocenters. The highest BCUT2D eigenvalue weighted by molar-refractivity contribution is 7.15. The Bertz CT molecular complexity index is 703. The summed E-state index contributed by atoms with van der Waals surface area (Å²) in [4.78, 5) is 16.4. The number of aryl methyl sites for hydroxylation is 3. The van der Waals surface area contributed by atoms with Gasteiger partial charge in [-0.2, -0.15) is 0 Å². The standard InChI is InChI=1S/C17H22N4O2S/c1-12-8-13(2)10-15(9-12)23-11-16(22)20-4-6-21(7-5-20)17-19-18-14(3)24-17/h8-10H,4-7,11H2,1-3H3. The topological polar surface area (TPSA) is 58.6 Å². The number of aromatic nitrogens is 2. The fourth-order valence-corrected chi connectivity index (χ4v) is 3.55. The minimum atomic E-state index is 0.0299. The summed E-state index contributed by atoms with van der Waals surface area (Å²) < 4.78 is 5.67. The van der Waals surface area contributed by atoms with Crippen LogP contribution in [0.1, 0.15) is 16.1 Å². The molecule has 7 heteroatoms. The van der Waals surface area contributed by atoms with E-state index in [9.17, 15) is 4.79 Å². The summed E-state index contributed by atoms with van der Waals surface area (Å²) in [6.45, 7) is 9.02. The van der Waals surface area contributed by atoms with Crippen molar-refractivity contribution in [2.75, 3.05) is 37.7 Å². The summed E-state index contributed by atoms with van der Waals surface area (Å²) in [5, 5.41) is 10.1. The van der Waals surface area contributed by atoms with Crippen molar-refractivity contribution in [3.05, 3.63) is 34.3 Å². The largest absolute Gasteiger partial charge is 0.484 e. The number of ether oxygens (including phenoxy) is 1. The van der Waals surface area contributed by atoms with Gasteiger partial charge in [0, 0.05) is 26.2 Å². The van der Waals surface area contributed by atoms with E-state index in [0.29, 0.717) is 13.1 Å². The number of rotatable bonds is 4. The summed E-state index contributed by atoms with van der Waals surface area (Å²) in [6.07, 6.45) is 0. The molecule has 2 aromatic rings. The molecule has 1 aliphatic heterocycles. The number of amides is 1. The van der Waals surface area contributed by atoms with Crippen molar-refractivity contribution in [3.63, 3.8) is 0 Å². The Morgan fingerprint density at radius 1 is 1.08 bits per heavy atom. The zero-order chi connectivity index (χ0) is 17.1. The van der Waals surface area contributed by atoms with Crippen LogP contribution in [0.15, 0.2) is 18.2 Å². The van der Waals surface area contributed by atoms with Crippen LogP contribution in [-0.2, 0) is 4.79 Å². The number of hydrogen-bond acceptors (Lipinski definition) is 6. The van der Waals surface area contributed by atoms with Gasteiger partial charge in [0.15, 0.2) is 6.61 Å². The summed E-state index contributed by atoms with van der Waals surface area (Å²) in [6, 6.07) is 6.00. The minimum absolute atomic E-state index is 0.0299. The molecule has 0 unspecified atom stereocenters. The van der Waals surface area contributed by atoms with Crippen LogP contribution in [-0.4, -0.2) is 53.8 Å². The van der Waals surface area contributed by atoms with Gasteiger partial charge in [-0.25, -0.2) is 0 Å². The number of benzene rings is 1. The summed E-state index contributed by atoms with van der Waals surface area (Å²) in [5.41, 5.74) is 2.27. The Morgan fingerprint density at radius 2 is 1.75 bits per heavy atom. The van der Waals surface area contributed by atoms with Crippen LogP contribution in [0.3, 0.4) is 0 Å². The highest BCUT2D eigenvalue weighted by Gasteiger charge is 2.23. The molecule has 0 aliphatic carbocycles. The maximum Gasteiger partial charge on any atom is 0.260 e. The fourth-order valence-electron chi connectivity index (χ4n) is 2.81. The van der Waals surface area contributed by atoms with Gasteiger partial charge < -0.3 is 14.5 Å². The zero-order valence-corrected chi connectivity index (χ0v) is 15.1. The Balaban J connectivity index is 1.50. The van der Waals surface area contributed by atoms with Gasteiger partial charge in [-0.05, 0) is 44.0 Å². The number of anilines is 1. The predicted molar refractivity (Wildman–Crippen MR) is 94.9 cm³/mol. The smallest absolute Gasteiger partial charge is 0.260 e. The fraction of sp³-hybridized carbons (Fsp3) is 0.471. The molecule has 1 fully saturated rings. The third-order valence-electron chi connectivity index (χ3n) is 3.98. The first kappa shape index (κ1) is 16.7. The van der Waals surface area contributed by atoms with E-state index in [-0.39, 0.29) is 12.5 Å². The average molecular weight is 346 g/mol. The monoisotopic (exact) mass is 346 g/mol. The second-order valence-electron chi connectivity index (χ2n) is 6.08. The van der Waals surface area contributed by atoms with Crippen molar-refractivity contribution < 1.29 is 9.53 Å². The zero-order valence-electron chi connectivity index (χ0n) is 14.3. The van der Waals surface area contributed by atoms with Crippen molar-refractivity contribution in [1.82, 2.24) is 15.1 Å². The van der Waals surface area contributed by atoms with Crippen LogP contribution in [0, 0.1) is 20.8 Å². The average Bonchev–Trinajstić information content (AvgIpc) is 2.98. The molecule has 3 rings (SSSR count). The molecule has 0 bridgehead atoms. The van der Waals surface area contributed by atoms with E-state index in [2.05, 4.69) is 21.2 Å². The lowest BCUT2D eigenvalue weighted by atomic mass is 10.1. The van der Waals surface area contributed by atoms with E-state index < -0.39 is 0 Å². The van der Waals surface area contributed by atoms with Gasteiger partial charge in [-0.1, -0.05) is 17.4 Å². The van der Waals surface area contributed by atoms with E-state index >= 15 is 0 Å². The molecular formula is C17H22N4O2S. The van der Waals surface area contributed by atoms with E-state index in [1.54, 1.807) is 11.3 Å². The molecule has 0 saturated carbocycles. The lowest BCUT2D eigenvalue weighted by molar-refractivity contribution is -0.133. The second-order valence-corrected chi connectivity index (χ2v) is 7.24. The van der Waals surface area contributed by atoms with E-state index in [0.717, 1.165) is 40.1 Å². The van der Waals surface area contributed by atoms with Crippen molar-refractivity contribution in [2.24, 2.45) is 0 Å². The third kappa shape index (κ3) is 4.03. The molecule has 1 aromatic carbocycles. The first-order valence-electron chi connectivity index (χ1n) is 8.05. The predicted octanol–water partition coefficient (Wildman–Crippen LogP) is 2.19. The molecule has 1 aliphatic rings. The van der Waals surface area contributed by atoms with Gasteiger partial charge in [-0.15, -0.1) is 10.2 Å². The highest BCUT2D eigenvalue weighted by atomic mass is 32.1. The summed E-state index contributed by atoms with van der Waals surface area (Å²) in [7, 11) is 0. The van der Waals surface area contributed by atoms with E-state index in [4.69, 9.17) is 4.74 Å². The summed E-state index contributed by atoms with van der Waals surface area (Å²) in [5.74, 6) is 0.783. The van der Waals surface area contributed by atoms with Gasteiger partial charge in [0.25, 0.3) is 5.91 Å². The number of hydrogen-bond donors (Lipinski definition) is 0. The number of piperazine rings is 1. The van der Waals surface area contributed by atoms with Gasteiger partial charge in [0.1, 0.15) is 10.8 Å². The van der Waals surface area contributed by atoms with Crippen LogP contribution in [0.4, 0.5) is 5.13 Å². The SMILES string of the molecule is Cc1cc(C)cc(OCC(=O)N2CCN(c3nnc(C)s3)CC2)c1. The number of nitrogens with zero attached hydrogens (tertiary/aromatic N) is 4. The maximum atomic E-state index is 12.3. The van der Waals surface area contributed by atoms with Gasteiger partial charge >= 0.3 is 0 Å². The van der Waals surface area contributed by atoms with E-state index in [1.165, 1.54) is 0 Å². The normalized spacial score (nSPS) is 14.8. The van der Waals surface area contributed by atoms with Crippen molar-refractivity contribution >= 4 is 22.4 Å². The molecule has 1 saturated heterocycles. The lowest BCUT2D eigenvalue weighted by Gasteiger charge is -2.34. The molecule has 0 radical (unpaired) electrons. The molecule has 2 heterocycles. The molecule has 0 N–H and O–H groups in total. The first-order chi connectivity index (χ1) is 11.5. The molecule has 0 spiro atoms.